The molecule has 17 heavy (non-hydrogen) atoms. The Kier molecular flexibility index (Phi) is 4.80. The van der Waals surface area contributed by atoms with Crippen molar-refractivity contribution in [3.8, 4) is 0 Å². The summed E-state index contributed by atoms with van der Waals surface area (Å²) in [4.78, 5) is 6.98. The Balaban J connectivity index is 2.12. The van der Waals surface area contributed by atoms with Gasteiger partial charge < -0.3 is 10.2 Å². The van der Waals surface area contributed by atoms with Crippen molar-refractivity contribution in [3.63, 3.8) is 0 Å². The van der Waals surface area contributed by atoms with Crippen LogP contribution in [0.4, 0.5) is 5.82 Å². The molecule has 0 atom stereocenters. The predicted molar refractivity (Wildman–Crippen MR) is 75.4 cm³/mol. The molecule has 2 heterocycles. The van der Waals surface area contributed by atoms with Crippen molar-refractivity contribution in [3.05, 3.63) is 22.3 Å². The minimum Gasteiger partial charge on any atom is -0.356 e. The number of rotatable bonds is 5. The zero-order valence-electron chi connectivity index (χ0n) is 10.4. The van der Waals surface area contributed by atoms with Gasteiger partial charge in [0.2, 0.25) is 0 Å². The summed E-state index contributed by atoms with van der Waals surface area (Å²) >= 11 is 3.51. The van der Waals surface area contributed by atoms with Gasteiger partial charge in [-0.25, -0.2) is 4.98 Å². The lowest BCUT2D eigenvalue weighted by molar-refractivity contribution is 0.671. The summed E-state index contributed by atoms with van der Waals surface area (Å²) < 4.78 is 1.06. The Morgan fingerprint density at radius 2 is 2.18 bits per heavy atom. The lowest BCUT2D eigenvalue weighted by Crippen LogP contribution is -2.23. The van der Waals surface area contributed by atoms with Crippen molar-refractivity contribution >= 4 is 21.7 Å². The maximum Gasteiger partial charge on any atom is 0.133 e. The number of hydrogen-bond acceptors (Lipinski definition) is 3. The highest BCUT2D eigenvalue weighted by molar-refractivity contribution is 9.10. The van der Waals surface area contributed by atoms with Crippen molar-refractivity contribution in [2.45, 2.75) is 32.7 Å². The average Bonchev–Trinajstić information content (AvgIpc) is 2.83. The summed E-state index contributed by atoms with van der Waals surface area (Å²) in [7, 11) is 0. The molecule has 0 saturated carbocycles. The van der Waals surface area contributed by atoms with Gasteiger partial charge in [0.25, 0.3) is 0 Å². The van der Waals surface area contributed by atoms with E-state index in [0.717, 1.165) is 36.5 Å². The summed E-state index contributed by atoms with van der Waals surface area (Å²) in [6, 6.07) is 2.18. The van der Waals surface area contributed by atoms with E-state index in [9.17, 15) is 0 Å². The van der Waals surface area contributed by atoms with Crippen molar-refractivity contribution in [1.29, 1.82) is 0 Å². The Labute approximate surface area is 112 Å². The first-order chi connectivity index (χ1) is 8.31. The highest BCUT2D eigenvalue weighted by Gasteiger charge is 2.16. The molecule has 1 aliphatic rings. The van der Waals surface area contributed by atoms with E-state index in [2.05, 4.69) is 44.1 Å². The van der Waals surface area contributed by atoms with Crippen molar-refractivity contribution < 1.29 is 0 Å². The van der Waals surface area contributed by atoms with Crippen LogP contribution in [0.25, 0.3) is 0 Å². The second kappa shape index (κ2) is 6.36. The van der Waals surface area contributed by atoms with Gasteiger partial charge in [-0.1, -0.05) is 6.92 Å². The van der Waals surface area contributed by atoms with Crippen molar-refractivity contribution in [2.75, 3.05) is 24.5 Å². The summed E-state index contributed by atoms with van der Waals surface area (Å²) in [6.07, 6.45) is 5.65. The highest BCUT2D eigenvalue weighted by Crippen LogP contribution is 2.24. The van der Waals surface area contributed by atoms with E-state index in [1.807, 2.05) is 6.20 Å². The molecule has 0 aromatic carbocycles. The lowest BCUT2D eigenvalue weighted by atomic mass is 10.2. The third kappa shape index (κ3) is 3.42. The van der Waals surface area contributed by atoms with Gasteiger partial charge >= 0.3 is 0 Å². The molecule has 1 saturated heterocycles. The van der Waals surface area contributed by atoms with E-state index in [1.165, 1.54) is 24.8 Å². The molecule has 1 aliphatic heterocycles. The van der Waals surface area contributed by atoms with Crippen LogP contribution < -0.4 is 10.2 Å². The monoisotopic (exact) mass is 297 g/mol. The standard InChI is InChI=1S/C13H20BrN3/c1-2-5-15-9-11-8-12(14)10-16-13(11)17-6-3-4-7-17/h8,10,15H,2-7,9H2,1H3. The van der Waals surface area contributed by atoms with Crippen LogP contribution in [0.15, 0.2) is 16.7 Å². The van der Waals surface area contributed by atoms with Crippen LogP contribution in [0, 0.1) is 0 Å². The van der Waals surface area contributed by atoms with E-state index in [1.54, 1.807) is 0 Å². The number of anilines is 1. The minimum absolute atomic E-state index is 0.909. The number of hydrogen-bond donors (Lipinski definition) is 1. The van der Waals surface area contributed by atoms with E-state index in [0.29, 0.717) is 0 Å². The number of aromatic nitrogens is 1. The van der Waals surface area contributed by atoms with Crippen molar-refractivity contribution in [2.24, 2.45) is 0 Å². The molecule has 4 heteroatoms. The van der Waals surface area contributed by atoms with E-state index in [-0.39, 0.29) is 0 Å². The molecule has 0 spiro atoms. The van der Waals surface area contributed by atoms with Gasteiger partial charge in [0.1, 0.15) is 5.82 Å². The Morgan fingerprint density at radius 1 is 1.41 bits per heavy atom. The number of nitrogens with one attached hydrogen (secondary N) is 1. The maximum atomic E-state index is 4.58. The van der Waals surface area contributed by atoms with Gasteiger partial charge in [0.05, 0.1) is 0 Å². The van der Waals surface area contributed by atoms with E-state index in [4.69, 9.17) is 0 Å². The summed E-state index contributed by atoms with van der Waals surface area (Å²) in [6.45, 7) is 6.45. The molecule has 0 bridgehead atoms. The Bertz CT molecular complexity index is 362. The van der Waals surface area contributed by atoms with Crippen LogP contribution in [0.5, 0.6) is 0 Å². The van der Waals surface area contributed by atoms with Crippen LogP contribution >= 0.6 is 15.9 Å². The first-order valence-corrected chi connectivity index (χ1v) is 7.20. The molecule has 1 fully saturated rings. The minimum atomic E-state index is 0.909. The second-order valence-electron chi connectivity index (χ2n) is 4.51. The zero-order chi connectivity index (χ0) is 12.1. The second-order valence-corrected chi connectivity index (χ2v) is 5.42. The molecule has 0 radical (unpaired) electrons. The molecule has 1 aromatic heterocycles. The molecular formula is C13H20BrN3. The van der Waals surface area contributed by atoms with Gasteiger partial charge in [0, 0.05) is 35.9 Å². The molecule has 1 aromatic rings. The summed E-state index contributed by atoms with van der Waals surface area (Å²) in [5.74, 6) is 1.16. The molecule has 1 N–H and O–H groups in total. The Hall–Kier alpha value is -0.610. The largest absolute Gasteiger partial charge is 0.356 e. The van der Waals surface area contributed by atoms with Crippen LogP contribution in [0.2, 0.25) is 0 Å². The van der Waals surface area contributed by atoms with Crippen molar-refractivity contribution in [1.82, 2.24) is 10.3 Å². The first-order valence-electron chi connectivity index (χ1n) is 6.41. The third-order valence-corrected chi connectivity index (χ3v) is 3.49. The molecule has 0 aliphatic carbocycles. The lowest BCUT2D eigenvalue weighted by Gasteiger charge is -2.20. The van der Waals surface area contributed by atoms with E-state index >= 15 is 0 Å². The van der Waals surface area contributed by atoms with Crippen LogP contribution in [-0.2, 0) is 6.54 Å². The molecule has 2 rings (SSSR count). The van der Waals surface area contributed by atoms with E-state index < -0.39 is 0 Å². The van der Waals surface area contributed by atoms with Gasteiger partial charge in [0.15, 0.2) is 0 Å². The first kappa shape index (κ1) is 12.8. The van der Waals surface area contributed by atoms with Gasteiger partial charge in [-0.05, 0) is 47.8 Å². The number of halogens is 1. The van der Waals surface area contributed by atoms with Crippen LogP contribution in [0.1, 0.15) is 31.7 Å². The average molecular weight is 298 g/mol. The molecular weight excluding hydrogens is 278 g/mol. The molecule has 94 valence electrons. The van der Waals surface area contributed by atoms with Gasteiger partial charge in [-0.2, -0.15) is 0 Å². The topological polar surface area (TPSA) is 28.2 Å². The third-order valence-electron chi connectivity index (χ3n) is 3.06. The Morgan fingerprint density at radius 3 is 2.88 bits per heavy atom. The normalized spacial score (nSPS) is 15.5. The highest BCUT2D eigenvalue weighted by atomic mass is 79.9. The molecule has 0 unspecified atom stereocenters. The fourth-order valence-electron chi connectivity index (χ4n) is 2.22. The number of pyridine rings is 1. The number of nitrogens with zero attached hydrogens (tertiary/aromatic N) is 2. The summed E-state index contributed by atoms with van der Waals surface area (Å²) in [5, 5.41) is 3.45. The zero-order valence-corrected chi connectivity index (χ0v) is 12.0. The molecule has 0 amide bonds. The maximum absolute atomic E-state index is 4.58. The van der Waals surface area contributed by atoms with Gasteiger partial charge in [-0.3, -0.25) is 0 Å². The van der Waals surface area contributed by atoms with Crippen LogP contribution in [-0.4, -0.2) is 24.6 Å². The fraction of sp³-hybridized carbons (Fsp3) is 0.615. The molecule has 3 nitrogen and oxygen atoms in total. The smallest absolute Gasteiger partial charge is 0.133 e. The van der Waals surface area contributed by atoms with Gasteiger partial charge in [-0.15, -0.1) is 0 Å². The fourth-order valence-corrected chi connectivity index (χ4v) is 2.60. The summed E-state index contributed by atoms with van der Waals surface area (Å²) in [5.41, 5.74) is 1.30. The quantitative estimate of drug-likeness (QED) is 0.847. The predicted octanol–water partition coefficient (Wildman–Crippen LogP) is 2.94. The SMILES string of the molecule is CCCNCc1cc(Br)cnc1N1CCCC1. The van der Waals surface area contributed by atoms with Crippen LogP contribution in [0.3, 0.4) is 0 Å².